The molecule has 0 atom stereocenters. The molecule has 1 N–H and O–H groups in total. The van der Waals surface area contributed by atoms with Gasteiger partial charge in [-0.1, -0.05) is 33.6 Å². The van der Waals surface area contributed by atoms with Crippen molar-refractivity contribution in [2.24, 2.45) is 5.10 Å². The molecule has 13 heteroatoms. The highest BCUT2D eigenvalue weighted by atomic mass is 79.9. The van der Waals surface area contributed by atoms with E-state index in [2.05, 4.69) is 26.5 Å². The molecule has 0 aliphatic rings. The SMILES string of the molecule is Cc1cc(C=NNC(=O)CN(c2ccc(Cl)c(C(F)(F)F)c2)S(C)(=O)=O)c(C)n1-c1cccc(Br)c1. The highest BCUT2D eigenvalue weighted by molar-refractivity contribution is 9.10. The third-order valence-electron chi connectivity index (χ3n) is 5.16. The number of aromatic nitrogens is 1. The van der Waals surface area contributed by atoms with E-state index < -0.39 is 39.2 Å². The summed E-state index contributed by atoms with van der Waals surface area (Å²) in [6, 6.07) is 12.2. The van der Waals surface area contributed by atoms with E-state index in [1.807, 2.05) is 48.7 Å². The van der Waals surface area contributed by atoms with Crippen LogP contribution >= 0.6 is 27.5 Å². The number of nitrogens with one attached hydrogen (secondary N) is 1. The molecule has 7 nitrogen and oxygen atoms in total. The summed E-state index contributed by atoms with van der Waals surface area (Å²) < 4.78 is 67.6. The van der Waals surface area contributed by atoms with E-state index in [1.54, 1.807) is 0 Å². The number of alkyl halides is 3. The predicted molar refractivity (Wildman–Crippen MR) is 137 cm³/mol. The highest BCUT2D eigenvalue weighted by Gasteiger charge is 2.34. The van der Waals surface area contributed by atoms with Gasteiger partial charge in [-0.3, -0.25) is 9.10 Å². The maximum atomic E-state index is 13.2. The number of hydrogen-bond acceptors (Lipinski definition) is 4. The summed E-state index contributed by atoms with van der Waals surface area (Å²) in [5, 5.41) is 3.31. The molecule has 0 saturated carbocycles. The Morgan fingerprint density at radius 1 is 1.19 bits per heavy atom. The molecule has 36 heavy (non-hydrogen) atoms. The number of halogens is 5. The van der Waals surface area contributed by atoms with Crippen LogP contribution in [0.1, 0.15) is 22.5 Å². The maximum Gasteiger partial charge on any atom is 0.417 e. The number of nitrogens with zero attached hydrogens (tertiary/aromatic N) is 3. The van der Waals surface area contributed by atoms with Crippen molar-refractivity contribution in [1.82, 2.24) is 9.99 Å². The van der Waals surface area contributed by atoms with Crippen molar-refractivity contribution < 1.29 is 26.4 Å². The molecule has 0 saturated heterocycles. The molecule has 0 fully saturated rings. The number of anilines is 1. The van der Waals surface area contributed by atoms with Gasteiger partial charge in [0.15, 0.2) is 0 Å². The molecule has 1 heterocycles. The smallest absolute Gasteiger partial charge is 0.318 e. The van der Waals surface area contributed by atoms with Crippen LogP contribution in [0.25, 0.3) is 5.69 Å². The number of amides is 1. The summed E-state index contributed by atoms with van der Waals surface area (Å²) in [6.07, 6.45) is -2.61. The van der Waals surface area contributed by atoms with Crippen molar-refractivity contribution in [3.63, 3.8) is 0 Å². The molecule has 0 aliphatic carbocycles. The molecule has 1 amide bonds. The minimum atomic E-state index is -4.80. The number of hydrogen-bond donors (Lipinski definition) is 1. The molecule has 1 aromatic heterocycles. The van der Waals surface area contributed by atoms with Crippen LogP contribution in [0, 0.1) is 13.8 Å². The predicted octanol–water partition coefficient (Wildman–Crippen LogP) is 5.45. The Hall–Kier alpha value is -2.83. The summed E-state index contributed by atoms with van der Waals surface area (Å²) in [5.41, 5.74) is 4.06. The minimum absolute atomic E-state index is 0.356. The van der Waals surface area contributed by atoms with Gasteiger partial charge in [0.25, 0.3) is 5.91 Å². The lowest BCUT2D eigenvalue weighted by Crippen LogP contribution is -2.39. The van der Waals surface area contributed by atoms with Crippen molar-refractivity contribution in [2.45, 2.75) is 20.0 Å². The van der Waals surface area contributed by atoms with E-state index in [-0.39, 0.29) is 5.69 Å². The van der Waals surface area contributed by atoms with Gasteiger partial charge in [0.2, 0.25) is 10.0 Å². The van der Waals surface area contributed by atoms with Crippen molar-refractivity contribution in [3.8, 4) is 5.69 Å². The number of rotatable bonds is 7. The average Bonchev–Trinajstić information content (AvgIpc) is 3.04. The molecule has 0 spiro atoms. The quantitative estimate of drug-likeness (QED) is 0.287. The average molecular weight is 606 g/mol. The van der Waals surface area contributed by atoms with E-state index in [0.29, 0.717) is 15.9 Å². The van der Waals surface area contributed by atoms with E-state index in [1.165, 1.54) is 6.21 Å². The molecular formula is C23H21BrClF3N4O3S. The molecule has 192 valence electrons. The van der Waals surface area contributed by atoms with Gasteiger partial charge < -0.3 is 4.57 Å². The first-order valence-electron chi connectivity index (χ1n) is 10.3. The van der Waals surface area contributed by atoms with Crippen LogP contribution in [0.15, 0.2) is 58.1 Å². The van der Waals surface area contributed by atoms with Crippen molar-refractivity contribution in [2.75, 3.05) is 17.1 Å². The minimum Gasteiger partial charge on any atom is -0.318 e. The molecule has 0 radical (unpaired) electrons. The van der Waals surface area contributed by atoms with E-state index >= 15 is 0 Å². The molecule has 2 aromatic carbocycles. The first-order valence-corrected chi connectivity index (χ1v) is 13.3. The first-order chi connectivity index (χ1) is 16.7. The summed E-state index contributed by atoms with van der Waals surface area (Å²) in [4.78, 5) is 12.4. The highest BCUT2D eigenvalue weighted by Crippen LogP contribution is 2.37. The number of sulfonamides is 1. The Bertz CT molecular complexity index is 1440. The fourth-order valence-electron chi connectivity index (χ4n) is 3.56. The van der Waals surface area contributed by atoms with Gasteiger partial charge in [-0.2, -0.15) is 18.3 Å². The summed E-state index contributed by atoms with van der Waals surface area (Å²) >= 11 is 9.06. The van der Waals surface area contributed by atoms with Crippen molar-refractivity contribution in [1.29, 1.82) is 0 Å². The van der Waals surface area contributed by atoms with Crippen LogP contribution in [0.3, 0.4) is 0 Å². The number of carbonyl (C=O) groups is 1. The zero-order valence-electron chi connectivity index (χ0n) is 19.3. The topological polar surface area (TPSA) is 83.8 Å². The second kappa shape index (κ2) is 10.7. The van der Waals surface area contributed by atoms with Crippen molar-refractivity contribution in [3.05, 3.63) is 80.5 Å². The zero-order valence-corrected chi connectivity index (χ0v) is 22.4. The van der Waals surface area contributed by atoms with Crippen LogP contribution < -0.4 is 9.73 Å². The number of hydrazone groups is 1. The number of benzene rings is 2. The number of aryl methyl sites for hydroxylation is 1. The van der Waals surface area contributed by atoms with Crippen LogP contribution in [-0.4, -0.2) is 37.9 Å². The van der Waals surface area contributed by atoms with Gasteiger partial charge in [0.1, 0.15) is 6.54 Å². The fraction of sp³-hybridized carbons (Fsp3) is 0.217. The monoisotopic (exact) mass is 604 g/mol. The Kier molecular flexibility index (Phi) is 8.21. The van der Waals surface area contributed by atoms with Gasteiger partial charge >= 0.3 is 6.18 Å². The molecule has 0 unspecified atom stereocenters. The van der Waals surface area contributed by atoms with Crippen LogP contribution in [0.2, 0.25) is 5.02 Å². The summed E-state index contributed by atoms with van der Waals surface area (Å²) in [6.45, 7) is 3.00. The molecule has 3 aromatic rings. The summed E-state index contributed by atoms with van der Waals surface area (Å²) in [5.74, 6) is -0.846. The molecule has 0 aliphatic heterocycles. The Morgan fingerprint density at radius 3 is 2.50 bits per heavy atom. The lowest BCUT2D eigenvalue weighted by molar-refractivity contribution is -0.137. The number of carbonyl (C=O) groups excluding carboxylic acids is 1. The zero-order chi connectivity index (χ0) is 26.8. The Labute approximate surface area is 219 Å². The van der Waals surface area contributed by atoms with Gasteiger partial charge in [-0.05, 0) is 56.3 Å². The second-order valence-corrected chi connectivity index (χ2v) is 11.1. The summed E-state index contributed by atoms with van der Waals surface area (Å²) in [7, 11) is -4.11. The van der Waals surface area contributed by atoms with Gasteiger partial charge in [0.05, 0.1) is 28.7 Å². The maximum absolute atomic E-state index is 13.2. The molecular weight excluding hydrogens is 585 g/mol. The van der Waals surface area contributed by atoms with E-state index in [4.69, 9.17) is 11.6 Å². The van der Waals surface area contributed by atoms with Gasteiger partial charge in [0, 0.05) is 27.1 Å². The normalized spacial score (nSPS) is 12.2. The third-order valence-corrected chi connectivity index (χ3v) is 7.12. The van der Waals surface area contributed by atoms with Crippen LogP contribution in [0.4, 0.5) is 18.9 Å². The van der Waals surface area contributed by atoms with E-state index in [0.717, 1.165) is 39.9 Å². The Morgan fingerprint density at radius 2 is 1.89 bits per heavy atom. The van der Waals surface area contributed by atoms with Gasteiger partial charge in [-0.25, -0.2) is 13.8 Å². The lowest BCUT2D eigenvalue weighted by atomic mass is 10.2. The largest absolute Gasteiger partial charge is 0.417 e. The van der Waals surface area contributed by atoms with Crippen LogP contribution in [-0.2, 0) is 21.0 Å². The molecule has 0 bridgehead atoms. The van der Waals surface area contributed by atoms with Gasteiger partial charge in [-0.15, -0.1) is 0 Å². The lowest BCUT2D eigenvalue weighted by Gasteiger charge is -2.22. The van der Waals surface area contributed by atoms with Crippen molar-refractivity contribution >= 4 is 55.4 Å². The van der Waals surface area contributed by atoms with E-state index in [9.17, 15) is 26.4 Å². The molecule has 3 rings (SSSR count). The third kappa shape index (κ3) is 6.48. The first kappa shape index (κ1) is 27.8. The Balaban J connectivity index is 1.79. The van der Waals surface area contributed by atoms with Crippen LogP contribution in [0.5, 0.6) is 0 Å². The second-order valence-electron chi connectivity index (χ2n) is 7.87. The standard InChI is InChI=1S/C23H21BrClF3N4O3S/c1-14-9-16(15(2)32(14)19-6-4-5-17(24)10-19)12-29-30-22(33)13-31(36(3,34)35)18-7-8-21(25)20(11-18)23(26,27)28/h4-12H,13H2,1-3H3,(H,30,33). The fourth-order valence-corrected chi connectivity index (χ4v) is 5.02.